The molecule has 0 unspecified atom stereocenters. The van der Waals surface area contributed by atoms with Crippen LogP contribution in [0, 0.1) is 0 Å². The topological polar surface area (TPSA) is 35.6 Å². The average molecular weight is 713 g/mol. The lowest BCUT2D eigenvalue weighted by atomic mass is 9.94. The molecule has 0 saturated carbocycles. The number of fused-ring (bicyclic) bond motifs is 12. The maximum absolute atomic E-state index is 4.78. The Balaban J connectivity index is 1.00. The van der Waals surface area contributed by atoms with Gasteiger partial charge in [-0.05, 0) is 105 Å². The summed E-state index contributed by atoms with van der Waals surface area (Å²) in [7, 11) is 0. The second kappa shape index (κ2) is 12.0. The molecule has 12 aromatic rings. The van der Waals surface area contributed by atoms with Crippen LogP contribution in [0.25, 0.3) is 110 Å². The van der Waals surface area contributed by atoms with Crippen LogP contribution in [0.15, 0.2) is 195 Å². The third-order valence-corrected chi connectivity index (χ3v) is 11.6. The van der Waals surface area contributed by atoms with Gasteiger partial charge in [0.2, 0.25) is 0 Å². The third kappa shape index (κ3) is 4.53. The molecular weight excluding hydrogens is 681 g/mol. The summed E-state index contributed by atoms with van der Waals surface area (Å²) in [5.74, 6) is 0. The van der Waals surface area contributed by atoms with E-state index in [-0.39, 0.29) is 0 Å². The summed E-state index contributed by atoms with van der Waals surface area (Å²) in [6.07, 6.45) is 3.59. The Kier molecular flexibility index (Phi) is 6.60. The van der Waals surface area contributed by atoms with Crippen molar-refractivity contribution in [3.05, 3.63) is 195 Å². The average Bonchev–Trinajstić information content (AvgIpc) is 3.79. The number of nitrogens with zero attached hydrogens (tertiary/aromatic N) is 4. The number of aromatic nitrogens is 4. The Bertz CT molecular complexity index is 3500. The normalized spacial score (nSPS) is 11.9. The van der Waals surface area contributed by atoms with E-state index in [9.17, 15) is 0 Å². The van der Waals surface area contributed by atoms with E-state index in [0.29, 0.717) is 0 Å². The minimum absolute atomic E-state index is 0.978. The molecule has 0 radical (unpaired) electrons. The van der Waals surface area contributed by atoms with Crippen LogP contribution in [0.5, 0.6) is 0 Å². The summed E-state index contributed by atoms with van der Waals surface area (Å²) in [5.41, 5.74) is 12.8. The number of para-hydroxylation sites is 3. The van der Waals surface area contributed by atoms with Crippen molar-refractivity contribution < 1.29 is 0 Å². The lowest BCUT2D eigenvalue weighted by molar-refractivity contribution is 1.18. The highest BCUT2D eigenvalue weighted by molar-refractivity contribution is 6.24. The zero-order valence-corrected chi connectivity index (χ0v) is 30.3. The van der Waals surface area contributed by atoms with E-state index < -0.39 is 0 Å². The molecule has 0 spiro atoms. The van der Waals surface area contributed by atoms with E-state index in [2.05, 4.69) is 196 Å². The molecule has 0 N–H and O–H groups in total. The van der Waals surface area contributed by atoms with Crippen molar-refractivity contribution >= 4 is 76.1 Å². The number of hydrogen-bond donors (Lipinski definition) is 0. The number of benzene rings is 9. The van der Waals surface area contributed by atoms with Crippen LogP contribution in [-0.4, -0.2) is 19.1 Å². The molecule has 3 heterocycles. The lowest BCUT2D eigenvalue weighted by Crippen LogP contribution is -1.94. The summed E-state index contributed by atoms with van der Waals surface area (Å²) >= 11 is 0. The molecule has 0 amide bonds. The lowest BCUT2D eigenvalue weighted by Gasteiger charge is -2.13. The van der Waals surface area contributed by atoms with Crippen molar-refractivity contribution in [3.8, 4) is 33.6 Å². The third-order valence-electron chi connectivity index (χ3n) is 11.6. The molecule has 56 heavy (non-hydrogen) atoms. The highest BCUT2D eigenvalue weighted by Crippen LogP contribution is 2.40. The van der Waals surface area contributed by atoms with Crippen molar-refractivity contribution in [2.75, 3.05) is 0 Å². The SMILES string of the molecule is c1ccc(-n2c3ccccc3c3cc(-c4ccc5c(c4)c4ccccc4n5-c4cccc(-c5ccc6c7ccccc7c7cncnc7c6c5)c4)ccc32)cc1. The molecule has 4 nitrogen and oxygen atoms in total. The van der Waals surface area contributed by atoms with Gasteiger partial charge in [-0.3, -0.25) is 0 Å². The van der Waals surface area contributed by atoms with Gasteiger partial charge in [0.25, 0.3) is 0 Å². The van der Waals surface area contributed by atoms with Gasteiger partial charge in [0, 0.05) is 49.9 Å². The summed E-state index contributed by atoms with van der Waals surface area (Å²) in [5, 5.41) is 10.8. The van der Waals surface area contributed by atoms with Crippen molar-refractivity contribution in [1.29, 1.82) is 0 Å². The van der Waals surface area contributed by atoms with Crippen LogP contribution >= 0.6 is 0 Å². The van der Waals surface area contributed by atoms with Crippen LogP contribution in [0.1, 0.15) is 0 Å². The molecule has 12 rings (SSSR count). The Hall–Kier alpha value is -7.56. The minimum atomic E-state index is 0.978. The van der Waals surface area contributed by atoms with Crippen LogP contribution in [0.2, 0.25) is 0 Å². The van der Waals surface area contributed by atoms with Gasteiger partial charge < -0.3 is 9.13 Å². The fourth-order valence-corrected chi connectivity index (χ4v) is 9.11. The first-order valence-electron chi connectivity index (χ1n) is 19.1. The zero-order chi connectivity index (χ0) is 36.7. The monoisotopic (exact) mass is 712 g/mol. The highest BCUT2D eigenvalue weighted by Gasteiger charge is 2.17. The van der Waals surface area contributed by atoms with Gasteiger partial charge in [0.1, 0.15) is 6.33 Å². The highest BCUT2D eigenvalue weighted by atomic mass is 15.0. The van der Waals surface area contributed by atoms with E-state index >= 15 is 0 Å². The summed E-state index contributed by atoms with van der Waals surface area (Å²) in [6.45, 7) is 0. The molecule has 0 aliphatic carbocycles. The van der Waals surface area contributed by atoms with E-state index in [1.165, 1.54) is 76.6 Å². The molecule has 260 valence electrons. The van der Waals surface area contributed by atoms with Crippen molar-refractivity contribution in [2.24, 2.45) is 0 Å². The smallest absolute Gasteiger partial charge is 0.116 e. The van der Waals surface area contributed by atoms with Crippen LogP contribution < -0.4 is 0 Å². The summed E-state index contributed by atoms with van der Waals surface area (Å²) in [6, 6.07) is 66.2. The standard InChI is InChI=1S/C52H32N4/c1-2-12-37(13-3-1)55-48-19-8-6-17-42(48)44-28-35(22-25-50(44)55)36-23-26-51-45(29-36)43-18-7-9-20-49(43)56(51)38-14-10-11-33(27-38)34-21-24-41-39-15-4-5-16-40(39)47-31-53-32-54-52(47)46(41)30-34/h1-32H. The Morgan fingerprint density at radius 3 is 1.46 bits per heavy atom. The first-order chi connectivity index (χ1) is 27.8. The Labute approximate surface area is 322 Å². The molecule has 9 aromatic carbocycles. The predicted molar refractivity (Wildman–Crippen MR) is 234 cm³/mol. The quantitative estimate of drug-likeness (QED) is 0.170. The maximum atomic E-state index is 4.78. The zero-order valence-electron chi connectivity index (χ0n) is 30.3. The van der Waals surface area contributed by atoms with Gasteiger partial charge >= 0.3 is 0 Å². The Morgan fingerprint density at radius 2 is 0.786 bits per heavy atom. The van der Waals surface area contributed by atoms with E-state index in [0.717, 1.165) is 33.1 Å². The van der Waals surface area contributed by atoms with E-state index in [4.69, 9.17) is 4.98 Å². The van der Waals surface area contributed by atoms with Gasteiger partial charge in [-0.15, -0.1) is 0 Å². The maximum Gasteiger partial charge on any atom is 0.116 e. The number of hydrogen-bond acceptors (Lipinski definition) is 2. The fourth-order valence-electron chi connectivity index (χ4n) is 9.11. The van der Waals surface area contributed by atoms with Gasteiger partial charge in [-0.25, -0.2) is 9.97 Å². The molecule has 4 heteroatoms. The molecule has 0 bridgehead atoms. The van der Waals surface area contributed by atoms with Crippen LogP contribution in [0.4, 0.5) is 0 Å². The fraction of sp³-hybridized carbons (Fsp3) is 0. The van der Waals surface area contributed by atoms with Gasteiger partial charge in [0.05, 0.1) is 27.6 Å². The first-order valence-corrected chi connectivity index (χ1v) is 19.1. The minimum Gasteiger partial charge on any atom is -0.309 e. The molecule has 0 aliphatic rings. The van der Waals surface area contributed by atoms with E-state index in [1.807, 2.05) is 6.20 Å². The molecule has 0 aliphatic heterocycles. The molecule has 0 atom stereocenters. The number of rotatable bonds is 4. The van der Waals surface area contributed by atoms with Crippen molar-refractivity contribution in [1.82, 2.24) is 19.1 Å². The predicted octanol–water partition coefficient (Wildman–Crippen LogP) is 13.5. The molecule has 0 saturated heterocycles. The van der Waals surface area contributed by atoms with E-state index in [1.54, 1.807) is 6.33 Å². The second-order valence-electron chi connectivity index (χ2n) is 14.6. The second-order valence-corrected chi connectivity index (χ2v) is 14.6. The first kappa shape index (κ1) is 30.9. The van der Waals surface area contributed by atoms with Crippen LogP contribution in [0.3, 0.4) is 0 Å². The molecular formula is C52H32N4. The van der Waals surface area contributed by atoms with Gasteiger partial charge in [0.15, 0.2) is 0 Å². The summed E-state index contributed by atoms with van der Waals surface area (Å²) in [4.78, 5) is 9.16. The van der Waals surface area contributed by atoms with Crippen molar-refractivity contribution in [2.45, 2.75) is 0 Å². The molecule has 3 aromatic heterocycles. The largest absolute Gasteiger partial charge is 0.309 e. The Morgan fingerprint density at radius 1 is 0.304 bits per heavy atom. The van der Waals surface area contributed by atoms with Gasteiger partial charge in [-0.2, -0.15) is 0 Å². The van der Waals surface area contributed by atoms with Crippen LogP contribution in [-0.2, 0) is 0 Å². The summed E-state index contributed by atoms with van der Waals surface area (Å²) < 4.78 is 4.78. The molecule has 0 fully saturated rings. The van der Waals surface area contributed by atoms with Crippen molar-refractivity contribution in [3.63, 3.8) is 0 Å². The van der Waals surface area contributed by atoms with Gasteiger partial charge in [-0.1, -0.05) is 115 Å².